The van der Waals surface area contributed by atoms with Crippen LogP contribution in [0.2, 0.25) is 0 Å². The van der Waals surface area contributed by atoms with Crippen molar-refractivity contribution in [1.82, 2.24) is 9.80 Å². The van der Waals surface area contributed by atoms with E-state index in [9.17, 15) is 5.26 Å². The lowest BCUT2D eigenvalue weighted by atomic mass is 9.69. The average molecular weight is 235 g/mol. The Labute approximate surface area is 105 Å². The van der Waals surface area contributed by atoms with Gasteiger partial charge in [-0.15, -0.1) is 0 Å². The van der Waals surface area contributed by atoms with Crippen molar-refractivity contribution in [3.05, 3.63) is 0 Å². The Balaban J connectivity index is 2.04. The third kappa shape index (κ3) is 2.64. The van der Waals surface area contributed by atoms with Crippen LogP contribution in [0.25, 0.3) is 0 Å². The smallest absolute Gasteiger partial charge is 0.109 e. The van der Waals surface area contributed by atoms with Gasteiger partial charge in [-0.25, -0.2) is 0 Å². The molecule has 2 aliphatic rings. The van der Waals surface area contributed by atoms with Gasteiger partial charge >= 0.3 is 0 Å². The largest absolute Gasteiger partial charge is 0.304 e. The fourth-order valence-electron chi connectivity index (χ4n) is 3.07. The maximum atomic E-state index is 9.62. The predicted octanol–water partition coefficient (Wildman–Crippen LogP) is 2.10. The van der Waals surface area contributed by atoms with E-state index in [1.165, 1.54) is 12.8 Å². The minimum Gasteiger partial charge on any atom is -0.304 e. The second kappa shape index (κ2) is 4.59. The topological polar surface area (TPSA) is 30.3 Å². The van der Waals surface area contributed by atoms with Crippen LogP contribution in [-0.2, 0) is 0 Å². The van der Waals surface area contributed by atoms with Gasteiger partial charge < -0.3 is 4.90 Å². The maximum absolute atomic E-state index is 9.62. The van der Waals surface area contributed by atoms with Gasteiger partial charge in [0.1, 0.15) is 5.54 Å². The summed E-state index contributed by atoms with van der Waals surface area (Å²) in [6, 6.07) is 2.65. The molecule has 1 aliphatic carbocycles. The van der Waals surface area contributed by atoms with Crippen LogP contribution in [0.5, 0.6) is 0 Å². The highest BCUT2D eigenvalue weighted by atomic mass is 15.3. The van der Waals surface area contributed by atoms with E-state index < -0.39 is 0 Å². The predicted molar refractivity (Wildman–Crippen MR) is 69.7 cm³/mol. The molecule has 3 heteroatoms. The minimum atomic E-state index is -0.156. The van der Waals surface area contributed by atoms with E-state index in [2.05, 4.69) is 36.8 Å². The third-order valence-corrected chi connectivity index (χ3v) is 4.75. The molecule has 0 spiro atoms. The Morgan fingerprint density at radius 1 is 0.941 bits per heavy atom. The molecule has 0 aromatic rings. The summed E-state index contributed by atoms with van der Waals surface area (Å²) in [6.45, 7) is 8.99. The van der Waals surface area contributed by atoms with Gasteiger partial charge in [-0.2, -0.15) is 5.26 Å². The zero-order valence-electron chi connectivity index (χ0n) is 11.5. The highest BCUT2D eigenvalue weighted by molar-refractivity contribution is 5.12. The zero-order chi connectivity index (χ0) is 12.5. The zero-order valence-corrected chi connectivity index (χ0v) is 11.5. The average Bonchev–Trinajstić information content (AvgIpc) is 2.31. The van der Waals surface area contributed by atoms with Crippen molar-refractivity contribution < 1.29 is 0 Å². The Morgan fingerprint density at radius 3 is 1.94 bits per heavy atom. The van der Waals surface area contributed by atoms with Crippen LogP contribution in [0.4, 0.5) is 0 Å². The molecule has 0 aromatic heterocycles. The lowest BCUT2D eigenvalue weighted by Gasteiger charge is -2.48. The summed E-state index contributed by atoms with van der Waals surface area (Å²) < 4.78 is 0. The lowest BCUT2D eigenvalue weighted by Crippen LogP contribution is -2.57. The van der Waals surface area contributed by atoms with E-state index in [-0.39, 0.29) is 5.54 Å². The number of nitrogens with zero attached hydrogens (tertiary/aromatic N) is 3. The van der Waals surface area contributed by atoms with Gasteiger partial charge in [0, 0.05) is 26.2 Å². The van der Waals surface area contributed by atoms with Gasteiger partial charge in [0.05, 0.1) is 6.07 Å². The molecular formula is C14H25N3. The van der Waals surface area contributed by atoms with Crippen molar-refractivity contribution in [2.24, 2.45) is 5.41 Å². The number of piperazine rings is 1. The molecule has 1 aliphatic heterocycles. The number of hydrogen-bond acceptors (Lipinski definition) is 3. The van der Waals surface area contributed by atoms with E-state index in [0.717, 1.165) is 39.0 Å². The Hall–Kier alpha value is -0.590. The Morgan fingerprint density at radius 2 is 1.47 bits per heavy atom. The Kier molecular flexibility index (Phi) is 3.47. The van der Waals surface area contributed by atoms with Gasteiger partial charge in [-0.1, -0.05) is 13.8 Å². The van der Waals surface area contributed by atoms with Gasteiger partial charge in [0.15, 0.2) is 0 Å². The first-order valence-corrected chi connectivity index (χ1v) is 6.82. The third-order valence-electron chi connectivity index (χ3n) is 4.75. The molecular weight excluding hydrogens is 210 g/mol. The molecule has 96 valence electrons. The number of hydrogen-bond donors (Lipinski definition) is 0. The second-order valence-corrected chi connectivity index (χ2v) is 6.60. The summed E-state index contributed by atoms with van der Waals surface area (Å²) >= 11 is 0. The monoisotopic (exact) mass is 235 g/mol. The van der Waals surface area contributed by atoms with Crippen molar-refractivity contribution in [3.63, 3.8) is 0 Å². The lowest BCUT2D eigenvalue weighted by molar-refractivity contribution is 0.0250. The SMILES string of the molecule is CN1CCN(C2(C#N)CCC(C)(C)CC2)CC1. The molecule has 0 atom stereocenters. The first-order chi connectivity index (χ1) is 7.97. The standard InChI is InChI=1S/C14H25N3/c1-13(2)4-6-14(12-15,7-5-13)17-10-8-16(3)9-11-17/h4-11H2,1-3H3. The molecule has 2 fully saturated rings. The van der Waals surface area contributed by atoms with E-state index in [4.69, 9.17) is 0 Å². The molecule has 1 saturated carbocycles. The second-order valence-electron chi connectivity index (χ2n) is 6.60. The molecule has 17 heavy (non-hydrogen) atoms. The maximum Gasteiger partial charge on any atom is 0.109 e. The summed E-state index contributed by atoms with van der Waals surface area (Å²) in [5.74, 6) is 0. The van der Waals surface area contributed by atoms with Crippen LogP contribution in [0.1, 0.15) is 39.5 Å². The van der Waals surface area contributed by atoms with Crippen molar-refractivity contribution in [2.45, 2.75) is 45.1 Å². The van der Waals surface area contributed by atoms with E-state index >= 15 is 0 Å². The van der Waals surface area contributed by atoms with Crippen LogP contribution < -0.4 is 0 Å². The molecule has 0 unspecified atom stereocenters. The molecule has 2 rings (SSSR count). The van der Waals surface area contributed by atoms with E-state index in [1.807, 2.05) is 0 Å². The molecule has 0 radical (unpaired) electrons. The van der Waals surface area contributed by atoms with Crippen LogP contribution in [0.3, 0.4) is 0 Å². The summed E-state index contributed by atoms with van der Waals surface area (Å²) in [5.41, 5.74) is 0.281. The van der Waals surface area contributed by atoms with Crippen molar-refractivity contribution in [3.8, 4) is 6.07 Å². The summed E-state index contributed by atoms with van der Waals surface area (Å²) in [6.07, 6.45) is 4.49. The van der Waals surface area contributed by atoms with Gasteiger partial charge in [-0.3, -0.25) is 4.90 Å². The molecule has 0 aromatic carbocycles. The summed E-state index contributed by atoms with van der Waals surface area (Å²) in [5, 5.41) is 9.62. The fourth-order valence-corrected chi connectivity index (χ4v) is 3.07. The fraction of sp³-hybridized carbons (Fsp3) is 0.929. The van der Waals surface area contributed by atoms with Crippen molar-refractivity contribution >= 4 is 0 Å². The van der Waals surface area contributed by atoms with Crippen LogP contribution in [-0.4, -0.2) is 48.6 Å². The van der Waals surface area contributed by atoms with Crippen LogP contribution in [0.15, 0.2) is 0 Å². The van der Waals surface area contributed by atoms with E-state index in [1.54, 1.807) is 0 Å². The normalized spacial score (nSPS) is 29.8. The van der Waals surface area contributed by atoms with Crippen LogP contribution >= 0.6 is 0 Å². The van der Waals surface area contributed by atoms with Gasteiger partial charge in [0.2, 0.25) is 0 Å². The summed E-state index contributed by atoms with van der Waals surface area (Å²) in [7, 11) is 2.17. The number of nitriles is 1. The highest BCUT2D eigenvalue weighted by Gasteiger charge is 2.43. The molecule has 0 N–H and O–H groups in total. The first kappa shape index (κ1) is 12.9. The number of likely N-dealkylation sites (N-methyl/N-ethyl adjacent to an activating group) is 1. The highest BCUT2D eigenvalue weighted by Crippen LogP contribution is 2.42. The Bertz CT molecular complexity index is 298. The van der Waals surface area contributed by atoms with Gasteiger partial charge in [-0.05, 0) is 38.1 Å². The van der Waals surface area contributed by atoms with Crippen molar-refractivity contribution in [2.75, 3.05) is 33.2 Å². The number of rotatable bonds is 1. The minimum absolute atomic E-state index is 0.156. The molecule has 1 heterocycles. The molecule has 0 bridgehead atoms. The van der Waals surface area contributed by atoms with Crippen LogP contribution in [0, 0.1) is 16.7 Å². The molecule has 1 saturated heterocycles. The first-order valence-electron chi connectivity index (χ1n) is 6.82. The van der Waals surface area contributed by atoms with E-state index in [0.29, 0.717) is 5.41 Å². The van der Waals surface area contributed by atoms with Gasteiger partial charge in [0.25, 0.3) is 0 Å². The van der Waals surface area contributed by atoms with Crippen molar-refractivity contribution in [1.29, 1.82) is 5.26 Å². The molecule has 0 amide bonds. The summed E-state index contributed by atoms with van der Waals surface area (Å²) in [4.78, 5) is 4.80. The molecule has 3 nitrogen and oxygen atoms in total. The quantitative estimate of drug-likeness (QED) is 0.697.